The van der Waals surface area contributed by atoms with E-state index < -0.39 is 5.97 Å². The number of carboxylic acids is 1. The van der Waals surface area contributed by atoms with Crippen molar-refractivity contribution in [3.63, 3.8) is 0 Å². The Morgan fingerprint density at radius 3 is 2.41 bits per heavy atom. The second-order valence-electron chi connectivity index (χ2n) is 5.04. The summed E-state index contributed by atoms with van der Waals surface area (Å²) in [6.45, 7) is 3.92. The number of carboxylic acid groups (broad SMARTS) is 1. The van der Waals surface area contributed by atoms with Crippen LogP contribution in [0.3, 0.4) is 0 Å². The first-order valence-corrected chi connectivity index (χ1v) is 5.98. The third-order valence-corrected chi connectivity index (χ3v) is 3.90. The summed E-state index contributed by atoms with van der Waals surface area (Å²) >= 11 is 6.21. The third-order valence-electron chi connectivity index (χ3n) is 3.55. The molecule has 1 aromatic carbocycles. The van der Waals surface area contributed by atoms with Crippen LogP contribution in [0.25, 0.3) is 5.03 Å². The number of allylic oxidation sites excluding steroid dienone is 1. The molecule has 1 saturated carbocycles. The van der Waals surface area contributed by atoms with Gasteiger partial charge in [-0.05, 0) is 16.9 Å². The van der Waals surface area contributed by atoms with E-state index in [1.807, 2.05) is 50.3 Å². The summed E-state index contributed by atoms with van der Waals surface area (Å²) in [5, 5.41) is 9.70. The minimum absolute atomic E-state index is 0.0210. The lowest BCUT2D eigenvalue weighted by atomic mass is 10.1. The van der Waals surface area contributed by atoms with E-state index in [9.17, 15) is 4.79 Å². The fourth-order valence-electron chi connectivity index (χ4n) is 2.31. The van der Waals surface area contributed by atoms with Crippen molar-refractivity contribution in [2.75, 3.05) is 0 Å². The largest absolute Gasteiger partial charge is 0.481 e. The van der Waals surface area contributed by atoms with Crippen LogP contribution in [-0.4, -0.2) is 11.1 Å². The SMILES string of the molecule is CC1(C)C(C=C(Cl)c2ccccc2)C1C(=O)O. The number of hydrogen-bond donors (Lipinski definition) is 1. The predicted molar refractivity (Wildman–Crippen MR) is 68.7 cm³/mol. The normalized spacial score (nSPS) is 26.6. The molecule has 1 fully saturated rings. The molecule has 2 unspecified atom stereocenters. The summed E-state index contributed by atoms with van der Waals surface area (Å²) in [4.78, 5) is 11.0. The number of rotatable bonds is 3. The highest BCUT2D eigenvalue weighted by atomic mass is 35.5. The summed E-state index contributed by atoms with van der Waals surface area (Å²) in [5.74, 6) is -1.04. The van der Waals surface area contributed by atoms with E-state index in [1.165, 1.54) is 0 Å². The van der Waals surface area contributed by atoms with E-state index in [0.717, 1.165) is 5.56 Å². The zero-order valence-electron chi connectivity index (χ0n) is 9.85. The molecule has 0 amide bonds. The van der Waals surface area contributed by atoms with Crippen molar-refractivity contribution in [3.8, 4) is 0 Å². The fourth-order valence-corrected chi connectivity index (χ4v) is 2.57. The fraction of sp³-hybridized carbons (Fsp3) is 0.357. The Morgan fingerprint density at radius 2 is 1.94 bits per heavy atom. The van der Waals surface area contributed by atoms with Crippen LogP contribution in [0.4, 0.5) is 0 Å². The number of carbonyl (C=O) groups is 1. The molecular formula is C14H15ClO2. The molecule has 2 rings (SSSR count). The van der Waals surface area contributed by atoms with Crippen molar-refractivity contribution >= 4 is 22.6 Å². The van der Waals surface area contributed by atoms with Gasteiger partial charge in [0.25, 0.3) is 0 Å². The second-order valence-corrected chi connectivity index (χ2v) is 5.45. The number of hydrogen-bond acceptors (Lipinski definition) is 1. The maximum Gasteiger partial charge on any atom is 0.307 e. The summed E-state index contributed by atoms with van der Waals surface area (Å²) in [6, 6.07) is 9.60. The van der Waals surface area contributed by atoms with Crippen LogP contribution in [0.5, 0.6) is 0 Å². The summed E-state index contributed by atoms with van der Waals surface area (Å²) in [7, 11) is 0. The number of aliphatic carboxylic acids is 1. The molecule has 17 heavy (non-hydrogen) atoms. The zero-order chi connectivity index (χ0) is 12.6. The van der Waals surface area contributed by atoms with E-state index in [1.54, 1.807) is 0 Å². The van der Waals surface area contributed by atoms with Crippen molar-refractivity contribution in [2.24, 2.45) is 17.3 Å². The van der Waals surface area contributed by atoms with Crippen molar-refractivity contribution in [1.29, 1.82) is 0 Å². The van der Waals surface area contributed by atoms with Crippen molar-refractivity contribution < 1.29 is 9.90 Å². The average Bonchev–Trinajstić information content (AvgIpc) is 2.81. The van der Waals surface area contributed by atoms with Gasteiger partial charge in [0.1, 0.15) is 0 Å². The maximum absolute atomic E-state index is 11.0. The van der Waals surface area contributed by atoms with Crippen LogP contribution >= 0.6 is 11.6 Å². The topological polar surface area (TPSA) is 37.3 Å². The number of halogens is 1. The highest BCUT2D eigenvalue weighted by Gasteiger charge is 2.60. The van der Waals surface area contributed by atoms with Crippen LogP contribution in [-0.2, 0) is 4.79 Å². The van der Waals surface area contributed by atoms with E-state index in [-0.39, 0.29) is 17.3 Å². The molecule has 0 radical (unpaired) electrons. The Labute approximate surface area is 106 Å². The molecule has 1 aliphatic carbocycles. The molecule has 3 heteroatoms. The molecule has 1 N–H and O–H groups in total. The van der Waals surface area contributed by atoms with Gasteiger partial charge < -0.3 is 5.11 Å². The molecular weight excluding hydrogens is 236 g/mol. The van der Waals surface area contributed by atoms with Crippen LogP contribution < -0.4 is 0 Å². The Bertz CT molecular complexity index is 462. The molecule has 0 aromatic heterocycles. The van der Waals surface area contributed by atoms with Gasteiger partial charge in [-0.2, -0.15) is 0 Å². The van der Waals surface area contributed by atoms with Gasteiger partial charge in [0.2, 0.25) is 0 Å². The van der Waals surface area contributed by atoms with Crippen molar-refractivity contribution in [1.82, 2.24) is 0 Å². The molecule has 0 heterocycles. The lowest BCUT2D eigenvalue weighted by Gasteiger charge is -2.00. The predicted octanol–water partition coefficient (Wildman–Crippen LogP) is 3.62. The van der Waals surface area contributed by atoms with Gasteiger partial charge in [-0.3, -0.25) is 4.79 Å². The van der Waals surface area contributed by atoms with Gasteiger partial charge in [0, 0.05) is 5.03 Å². The van der Waals surface area contributed by atoms with E-state index in [4.69, 9.17) is 16.7 Å². The van der Waals surface area contributed by atoms with E-state index in [0.29, 0.717) is 5.03 Å². The van der Waals surface area contributed by atoms with Gasteiger partial charge in [0.15, 0.2) is 0 Å². The Balaban J connectivity index is 2.20. The second kappa shape index (κ2) is 4.19. The Kier molecular flexibility index (Phi) is 3.00. The van der Waals surface area contributed by atoms with E-state index >= 15 is 0 Å². The first-order chi connectivity index (χ1) is 7.94. The smallest absolute Gasteiger partial charge is 0.307 e. The lowest BCUT2D eigenvalue weighted by Crippen LogP contribution is -2.03. The van der Waals surface area contributed by atoms with Crippen molar-refractivity contribution in [3.05, 3.63) is 42.0 Å². The summed E-state index contributed by atoms with van der Waals surface area (Å²) in [6.07, 6.45) is 1.87. The van der Waals surface area contributed by atoms with Crippen LogP contribution in [0.2, 0.25) is 0 Å². The molecule has 0 aliphatic heterocycles. The molecule has 90 valence electrons. The molecule has 1 aliphatic rings. The summed E-state index contributed by atoms with van der Waals surface area (Å²) in [5.41, 5.74) is 0.738. The third kappa shape index (κ3) is 2.22. The highest BCUT2D eigenvalue weighted by molar-refractivity contribution is 6.48. The van der Waals surface area contributed by atoms with Gasteiger partial charge in [-0.1, -0.05) is 61.9 Å². The van der Waals surface area contributed by atoms with Gasteiger partial charge in [-0.15, -0.1) is 0 Å². The maximum atomic E-state index is 11.0. The van der Waals surface area contributed by atoms with Crippen LogP contribution in [0.1, 0.15) is 19.4 Å². The molecule has 2 atom stereocenters. The molecule has 2 nitrogen and oxygen atoms in total. The minimum atomic E-state index is -0.742. The minimum Gasteiger partial charge on any atom is -0.481 e. The molecule has 1 aromatic rings. The van der Waals surface area contributed by atoms with Crippen LogP contribution in [0, 0.1) is 17.3 Å². The lowest BCUT2D eigenvalue weighted by molar-refractivity contribution is -0.139. The number of benzene rings is 1. The first kappa shape index (κ1) is 12.2. The average molecular weight is 251 g/mol. The monoisotopic (exact) mass is 250 g/mol. The quantitative estimate of drug-likeness (QED) is 0.890. The highest BCUT2D eigenvalue weighted by Crippen LogP contribution is 2.59. The van der Waals surface area contributed by atoms with Gasteiger partial charge in [0.05, 0.1) is 5.92 Å². The molecule has 0 saturated heterocycles. The van der Waals surface area contributed by atoms with Crippen LogP contribution in [0.15, 0.2) is 36.4 Å². The standard InChI is InChI=1S/C14H15ClO2/c1-14(2)10(12(14)13(16)17)8-11(15)9-6-4-3-5-7-9/h3-8,10,12H,1-2H3,(H,16,17). The van der Waals surface area contributed by atoms with Gasteiger partial charge >= 0.3 is 5.97 Å². The molecule has 0 spiro atoms. The molecule has 0 bridgehead atoms. The zero-order valence-corrected chi connectivity index (χ0v) is 10.6. The summed E-state index contributed by atoms with van der Waals surface area (Å²) < 4.78 is 0. The van der Waals surface area contributed by atoms with Gasteiger partial charge in [-0.25, -0.2) is 0 Å². The Morgan fingerprint density at radius 1 is 1.35 bits per heavy atom. The van der Waals surface area contributed by atoms with Crippen molar-refractivity contribution in [2.45, 2.75) is 13.8 Å². The first-order valence-electron chi connectivity index (χ1n) is 5.60. The van der Waals surface area contributed by atoms with E-state index in [2.05, 4.69) is 0 Å². The Hall–Kier alpha value is -1.28.